The first kappa shape index (κ1) is 44.0. The summed E-state index contributed by atoms with van der Waals surface area (Å²) in [5.74, 6) is -1.81. The third-order valence-corrected chi connectivity index (χ3v) is 11.4. The summed E-state index contributed by atoms with van der Waals surface area (Å²) in [6, 6.07) is 35.4. The molecule has 0 aromatic heterocycles. The minimum Gasteiger partial charge on any atom is -0.335 e. The van der Waals surface area contributed by atoms with Crippen LogP contribution in [0, 0.1) is 11.6 Å². The normalized spacial score (nSPS) is 13.9. The molecule has 1 amide bonds. The molecule has 60 heavy (non-hydrogen) atoms. The van der Waals surface area contributed by atoms with Crippen LogP contribution in [-0.2, 0) is 30.5 Å². The van der Waals surface area contributed by atoms with E-state index in [2.05, 4.69) is 47.9 Å². The van der Waals surface area contributed by atoms with Gasteiger partial charge < -0.3 is 9.80 Å². The Morgan fingerprint density at radius 3 is 2.03 bits per heavy atom. The zero-order chi connectivity index (χ0) is 42.8. The van der Waals surface area contributed by atoms with E-state index in [1.54, 1.807) is 6.07 Å². The van der Waals surface area contributed by atoms with Gasteiger partial charge in [0.05, 0.1) is 5.56 Å². The van der Waals surface area contributed by atoms with Crippen LogP contribution < -0.4 is 4.90 Å². The van der Waals surface area contributed by atoms with Crippen molar-refractivity contribution in [1.29, 1.82) is 0 Å². The number of halogens is 5. The Kier molecular flexibility index (Phi) is 14.8. The lowest BCUT2D eigenvalue weighted by atomic mass is 9.98. The van der Waals surface area contributed by atoms with Gasteiger partial charge >= 0.3 is 6.18 Å². The monoisotopic (exact) mass is 819 g/mol. The topological polar surface area (TPSA) is 26.8 Å². The number of piperidine rings is 1. The van der Waals surface area contributed by atoms with Gasteiger partial charge in [-0.1, -0.05) is 116 Å². The van der Waals surface area contributed by atoms with Gasteiger partial charge in [0.25, 0.3) is 0 Å². The number of benzene rings is 5. The fraction of sp³-hybridized carbons (Fsp3) is 0.314. The minimum atomic E-state index is -4.41. The van der Waals surface area contributed by atoms with Gasteiger partial charge in [-0.25, -0.2) is 8.78 Å². The summed E-state index contributed by atoms with van der Waals surface area (Å²) >= 11 is 0. The summed E-state index contributed by atoms with van der Waals surface area (Å²) in [7, 11) is 0. The molecule has 6 rings (SSSR count). The maximum absolute atomic E-state index is 15.1. The fourth-order valence-corrected chi connectivity index (χ4v) is 8.16. The number of anilines is 1. The summed E-state index contributed by atoms with van der Waals surface area (Å²) in [5.41, 5.74) is 7.93. The van der Waals surface area contributed by atoms with Crippen LogP contribution in [0.5, 0.6) is 0 Å². The summed E-state index contributed by atoms with van der Waals surface area (Å²) in [5, 5.41) is 0. The average molecular weight is 820 g/mol. The molecule has 0 N–H and O–H groups in total. The number of carbonyl (C=O) groups excluding carboxylic acids is 1. The molecule has 0 unspecified atom stereocenters. The van der Waals surface area contributed by atoms with Crippen molar-refractivity contribution in [3.63, 3.8) is 0 Å². The van der Waals surface area contributed by atoms with Crippen LogP contribution in [0.4, 0.5) is 27.6 Å². The SMILES string of the molecule is CC/C=C(\C)c1ccccc1N(CC(=O)N(Cc1ccc(-c2ccc(C(F)(F)F)cc2)cc1)C1CCN(Cc2ccccc2)CC1)C(CCc1cccc(F)c1F)=C(C)C. The molecule has 1 aliphatic heterocycles. The zero-order valence-corrected chi connectivity index (χ0v) is 34.9. The number of amides is 1. The maximum Gasteiger partial charge on any atom is 0.416 e. The van der Waals surface area contributed by atoms with Crippen molar-refractivity contribution in [2.24, 2.45) is 0 Å². The molecule has 0 spiro atoms. The highest BCUT2D eigenvalue weighted by Gasteiger charge is 2.32. The number of alkyl halides is 3. The molecule has 0 radical (unpaired) electrons. The van der Waals surface area contributed by atoms with Crippen molar-refractivity contribution < 1.29 is 26.7 Å². The molecular formula is C51H54F5N3O. The van der Waals surface area contributed by atoms with Crippen LogP contribution in [0.2, 0.25) is 0 Å². The summed E-state index contributed by atoms with van der Waals surface area (Å²) in [6.07, 6.45) is 0.774. The molecule has 0 aliphatic carbocycles. The quantitative estimate of drug-likeness (QED) is 0.0985. The van der Waals surface area contributed by atoms with E-state index in [1.165, 1.54) is 23.8 Å². The number of nitrogens with zero attached hydrogens (tertiary/aromatic N) is 3. The third kappa shape index (κ3) is 11.2. The zero-order valence-electron chi connectivity index (χ0n) is 34.9. The Labute approximate surface area is 351 Å². The van der Waals surface area contributed by atoms with Gasteiger partial charge in [0, 0.05) is 49.2 Å². The molecule has 5 aromatic rings. The number of para-hydroxylation sites is 1. The molecule has 1 aliphatic rings. The van der Waals surface area contributed by atoms with Gasteiger partial charge in [0.15, 0.2) is 11.6 Å². The van der Waals surface area contributed by atoms with Crippen molar-refractivity contribution in [2.75, 3.05) is 24.5 Å². The van der Waals surface area contributed by atoms with Gasteiger partial charge in [-0.15, -0.1) is 0 Å². The second-order valence-corrected chi connectivity index (χ2v) is 15.8. The Hall–Kier alpha value is -5.54. The number of hydrogen-bond donors (Lipinski definition) is 0. The van der Waals surface area contributed by atoms with Crippen molar-refractivity contribution in [1.82, 2.24) is 9.80 Å². The predicted octanol–water partition coefficient (Wildman–Crippen LogP) is 12.9. The van der Waals surface area contributed by atoms with E-state index in [4.69, 9.17) is 0 Å². The highest BCUT2D eigenvalue weighted by molar-refractivity contribution is 5.86. The first-order valence-corrected chi connectivity index (χ1v) is 20.8. The Morgan fingerprint density at radius 2 is 1.40 bits per heavy atom. The van der Waals surface area contributed by atoms with Crippen LogP contribution in [0.3, 0.4) is 0 Å². The van der Waals surface area contributed by atoms with Crippen molar-refractivity contribution in [3.8, 4) is 11.1 Å². The number of aryl methyl sites for hydroxylation is 1. The second kappa shape index (κ2) is 20.1. The molecule has 9 heteroatoms. The third-order valence-electron chi connectivity index (χ3n) is 11.4. The van der Waals surface area contributed by atoms with Gasteiger partial charge in [-0.05, 0) is 111 Å². The van der Waals surface area contributed by atoms with E-state index in [0.29, 0.717) is 18.5 Å². The number of rotatable bonds is 15. The molecular weight excluding hydrogens is 766 g/mol. The first-order valence-electron chi connectivity index (χ1n) is 20.8. The van der Waals surface area contributed by atoms with E-state index in [0.717, 1.165) is 96.3 Å². The first-order chi connectivity index (χ1) is 28.8. The Balaban J connectivity index is 1.33. The van der Waals surface area contributed by atoms with Crippen molar-refractivity contribution in [3.05, 3.63) is 178 Å². The van der Waals surface area contributed by atoms with Gasteiger partial charge in [-0.2, -0.15) is 13.2 Å². The average Bonchev–Trinajstić information content (AvgIpc) is 3.24. The van der Waals surface area contributed by atoms with E-state index in [9.17, 15) is 22.0 Å². The lowest BCUT2D eigenvalue weighted by Gasteiger charge is -2.40. The Morgan fingerprint density at radius 1 is 0.767 bits per heavy atom. The highest BCUT2D eigenvalue weighted by atomic mass is 19.4. The number of hydrogen-bond acceptors (Lipinski definition) is 3. The minimum absolute atomic E-state index is 0.0242. The molecule has 1 saturated heterocycles. The maximum atomic E-state index is 15.1. The second-order valence-electron chi connectivity index (χ2n) is 15.8. The smallest absolute Gasteiger partial charge is 0.335 e. The van der Waals surface area contributed by atoms with Crippen molar-refractivity contribution in [2.45, 2.75) is 85.1 Å². The van der Waals surface area contributed by atoms with E-state index in [-0.39, 0.29) is 30.5 Å². The number of allylic oxidation sites excluding steroid dienone is 4. The Bertz CT molecular complexity index is 2250. The van der Waals surface area contributed by atoms with Gasteiger partial charge in [0.2, 0.25) is 5.91 Å². The molecule has 1 fully saturated rings. The van der Waals surface area contributed by atoms with E-state index < -0.39 is 23.4 Å². The molecule has 314 valence electrons. The molecule has 1 heterocycles. The summed E-state index contributed by atoms with van der Waals surface area (Å²) < 4.78 is 69.0. The molecule has 0 bridgehead atoms. The molecule has 5 aromatic carbocycles. The predicted molar refractivity (Wildman–Crippen MR) is 233 cm³/mol. The van der Waals surface area contributed by atoms with Crippen LogP contribution in [0.15, 0.2) is 139 Å². The van der Waals surface area contributed by atoms with Crippen LogP contribution >= 0.6 is 0 Å². The van der Waals surface area contributed by atoms with Crippen LogP contribution in [0.25, 0.3) is 16.7 Å². The lowest BCUT2D eigenvalue weighted by Crippen LogP contribution is -2.49. The number of likely N-dealkylation sites (tertiary alicyclic amines) is 1. The van der Waals surface area contributed by atoms with E-state index >= 15 is 4.79 Å². The van der Waals surface area contributed by atoms with E-state index in [1.807, 2.05) is 79.4 Å². The standard InChI is InChI=1S/C51H54F5N3O/c1-5-12-37(4)45-16-9-10-18-48(45)59(47(36(2)3)28-25-42-15-11-17-46(52)50(42)53)35-49(60)58(44-29-31-57(32-30-44)33-38-13-7-6-8-14-38)34-39-19-21-40(22-20-39)41-23-26-43(27-24-41)51(54,55)56/h6-24,26-27,44H,5,25,28-35H2,1-4H3/b37-12+. The fourth-order valence-electron chi connectivity index (χ4n) is 8.16. The lowest BCUT2D eigenvalue weighted by molar-refractivity contribution is -0.137. The van der Waals surface area contributed by atoms with Gasteiger partial charge in [-0.3, -0.25) is 9.69 Å². The summed E-state index contributed by atoms with van der Waals surface area (Å²) in [6.45, 7) is 11.0. The van der Waals surface area contributed by atoms with Gasteiger partial charge in [0.1, 0.15) is 6.54 Å². The van der Waals surface area contributed by atoms with Crippen LogP contribution in [0.1, 0.15) is 81.2 Å². The molecule has 0 saturated carbocycles. The largest absolute Gasteiger partial charge is 0.416 e. The molecule has 4 nitrogen and oxygen atoms in total. The highest BCUT2D eigenvalue weighted by Crippen LogP contribution is 2.34. The van der Waals surface area contributed by atoms with Crippen molar-refractivity contribution >= 4 is 17.2 Å². The molecule has 0 atom stereocenters. The summed E-state index contributed by atoms with van der Waals surface area (Å²) in [4.78, 5) is 21.6. The number of carbonyl (C=O) groups is 1. The van der Waals surface area contributed by atoms with Crippen LogP contribution in [-0.4, -0.2) is 41.4 Å².